The topological polar surface area (TPSA) is 76.2 Å². The van der Waals surface area contributed by atoms with Crippen molar-refractivity contribution in [3.05, 3.63) is 65.7 Å². The summed E-state index contributed by atoms with van der Waals surface area (Å²) in [4.78, 5) is 43.6. The molecular formula is C27H30BN5O3. The molecule has 0 aliphatic carbocycles. The minimum absolute atomic E-state index is 0.0673. The Morgan fingerprint density at radius 1 is 1.14 bits per heavy atom. The number of fused-ring (bicyclic) bond motifs is 1. The molecule has 2 aromatic rings. The monoisotopic (exact) mass is 483 g/mol. The minimum Gasteiger partial charge on any atom is -0.333 e. The van der Waals surface area contributed by atoms with Gasteiger partial charge in [0.2, 0.25) is 11.8 Å². The molecule has 0 unspecified atom stereocenters. The summed E-state index contributed by atoms with van der Waals surface area (Å²) >= 11 is 0. The van der Waals surface area contributed by atoms with Gasteiger partial charge in [0.15, 0.2) is 0 Å². The van der Waals surface area contributed by atoms with E-state index in [4.69, 9.17) is 14.3 Å². The molecule has 36 heavy (non-hydrogen) atoms. The van der Waals surface area contributed by atoms with Crippen LogP contribution in [0.5, 0.6) is 0 Å². The van der Waals surface area contributed by atoms with Crippen LogP contribution in [0.1, 0.15) is 30.9 Å². The SMILES string of the molecule is [B]c1cccc(CN2C[C@H]3N(C(=O)CN(CC#C)N3C(=O)NCc3ccccc3)[C@@H](CCC)C2=O)c1. The molecule has 0 saturated carbocycles. The Balaban J connectivity index is 1.64. The fourth-order valence-corrected chi connectivity index (χ4v) is 4.90. The van der Waals surface area contributed by atoms with Crippen LogP contribution in [0.3, 0.4) is 0 Å². The van der Waals surface area contributed by atoms with Crippen molar-refractivity contribution in [3.63, 3.8) is 0 Å². The van der Waals surface area contributed by atoms with Crippen LogP contribution in [0.25, 0.3) is 0 Å². The van der Waals surface area contributed by atoms with Crippen LogP contribution >= 0.6 is 0 Å². The largest absolute Gasteiger partial charge is 0.334 e. The van der Waals surface area contributed by atoms with Gasteiger partial charge >= 0.3 is 6.03 Å². The molecule has 2 saturated heterocycles. The molecule has 2 aromatic carbocycles. The van der Waals surface area contributed by atoms with Crippen molar-refractivity contribution in [1.82, 2.24) is 25.1 Å². The first-order valence-corrected chi connectivity index (χ1v) is 12.2. The second-order valence-electron chi connectivity index (χ2n) is 9.07. The van der Waals surface area contributed by atoms with E-state index in [9.17, 15) is 14.4 Å². The predicted molar refractivity (Wildman–Crippen MR) is 137 cm³/mol. The normalized spacial score (nSPS) is 20.2. The molecule has 2 aliphatic rings. The minimum atomic E-state index is -0.675. The zero-order valence-corrected chi connectivity index (χ0v) is 20.5. The number of hydrogen-bond donors (Lipinski definition) is 1. The van der Waals surface area contributed by atoms with Crippen LogP contribution in [0.15, 0.2) is 54.6 Å². The zero-order valence-electron chi connectivity index (χ0n) is 20.5. The van der Waals surface area contributed by atoms with Gasteiger partial charge in [-0.3, -0.25) is 9.59 Å². The smallest absolute Gasteiger partial charge is 0.333 e. The summed E-state index contributed by atoms with van der Waals surface area (Å²) < 4.78 is 0. The van der Waals surface area contributed by atoms with Crippen LogP contribution in [0.4, 0.5) is 4.79 Å². The highest BCUT2D eigenvalue weighted by molar-refractivity contribution is 6.32. The van der Waals surface area contributed by atoms with E-state index in [0.29, 0.717) is 31.4 Å². The Hall–Kier alpha value is -3.77. The maximum Gasteiger partial charge on any atom is 0.334 e. The van der Waals surface area contributed by atoms with Gasteiger partial charge in [0.25, 0.3) is 0 Å². The number of carbonyl (C=O) groups is 3. The highest BCUT2D eigenvalue weighted by Crippen LogP contribution is 2.29. The number of amides is 4. The van der Waals surface area contributed by atoms with Gasteiger partial charge in [-0.1, -0.05) is 79.3 Å². The van der Waals surface area contributed by atoms with Gasteiger partial charge in [-0.05, 0) is 17.5 Å². The lowest BCUT2D eigenvalue weighted by atomic mass is 9.94. The van der Waals surface area contributed by atoms with Gasteiger partial charge in [0.1, 0.15) is 20.1 Å². The molecule has 9 heteroatoms. The van der Waals surface area contributed by atoms with E-state index in [1.54, 1.807) is 20.9 Å². The molecule has 0 bridgehead atoms. The molecule has 184 valence electrons. The van der Waals surface area contributed by atoms with Crippen molar-refractivity contribution < 1.29 is 14.4 Å². The fraction of sp³-hybridized carbons (Fsp3) is 0.370. The van der Waals surface area contributed by atoms with Crippen molar-refractivity contribution >= 4 is 31.2 Å². The third-order valence-corrected chi connectivity index (χ3v) is 6.49. The molecule has 8 nitrogen and oxygen atoms in total. The van der Waals surface area contributed by atoms with Gasteiger partial charge in [-0.15, -0.1) is 6.42 Å². The number of benzene rings is 2. The van der Waals surface area contributed by atoms with E-state index in [-0.39, 0.29) is 37.5 Å². The van der Waals surface area contributed by atoms with E-state index < -0.39 is 12.2 Å². The molecule has 2 aliphatic heterocycles. The van der Waals surface area contributed by atoms with Crippen molar-refractivity contribution in [1.29, 1.82) is 0 Å². The van der Waals surface area contributed by atoms with E-state index in [0.717, 1.165) is 11.1 Å². The lowest BCUT2D eigenvalue weighted by molar-refractivity contribution is -0.189. The average molecular weight is 483 g/mol. The van der Waals surface area contributed by atoms with E-state index in [1.807, 2.05) is 55.5 Å². The predicted octanol–water partition coefficient (Wildman–Crippen LogP) is 1.22. The number of nitrogens with zero attached hydrogens (tertiary/aromatic N) is 4. The first kappa shape index (κ1) is 25.3. The average Bonchev–Trinajstić information content (AvgIpc) is 2.86. The van der Waals surface area contributed by atoms with E-state index in [2.05, 4.69) is 11.2 Å². The van der Waals surface area contributed by atoms with Crippen LogP contribution in [0, 0.1) is 12.3 Å². The molecule has 4 amide bonds. The second-order valence-corrected chi connectivity index (χ2v) is 9.07. The summed E-state index contributed by atoms with van der Waals surface area (Å²) in [5, 5.41) is 6.06. The number of hydrazine groups is 1. The van der Waals surface area contributed by atoms with Gasteiger partial charge < -0.3 is 15.1 Å². The maximum absolute atomic E-state index is 13.5. The second kappa shape index (κ2) is 11.3. The van der Waals surface area contributed by atoms with Gasteiger partial charge in [-0.25, -0.2) is 9.80 Å². The summed E-state index contributed by atoms with van der Waals surface area (Å²) in [6, 6.07) is 15.9. The third-order valence-electron chi connectivity index (χ3n) is 6.49. The number of hydrogen-bond acceptors (Lipinski definition) is 4. The van der Waals surface area contributed by atoms with Crippen LogP contribution in [-0.2, 0) is 22.7 Å². The molecule has 2 atom stereocenters. The summed E-state index contributed by atoms with van der Waals surface area (Å²) in [5.74, 6) is 2.22. The van der Waals surface area contributed by atoms with Crippen molar-refractivity contribution in [2.24, 2.45) is 0 Å². The number of carbonyl (C=O) groups excluding carboxylic acids is 3. The Labute approximate surface area is 213 Å². The van der Waals surface area contributed by atoms with Gasteiger partial charge in [0.05, 0.1) is 19.6 Å². The number of terminal acetylenes is 1. The van der Waals surface area contributed by atoms with Gasteiger partial charge in [-0.2, -0.15) is 5.01 Å². The lowest BCUT2D eigenvalue weighted by Gasteiger charge is -2.55. The van der Waals surface area contributed by atoms with Gasteiger partial charge in [0, 0.05) is 13.1 Å². The Bertz CT molecular complexity index is 1150. The summed E-state index contributed by atoms with van der Waals surface area (Å²) in [6.07, 6.45) is 6.13. The third kappa shape index (κ3) is 5.39. The number of urea groups is 1. The maximum atomic E-state index is 13.5. The standard InChI is InChI=1S/C27H30BN5O3/c1-3-9-23-26(35)30(17-21-12-8-13-22(28)15-21)18-24-32(23)25(34)19-31(14-4-2)33(24)27(36)29-16-20-10-6-5-7-11-20/h2,5-8,10-13,15,23-24H,3,9,14,16-19H2,1H3,(H,29,36)/t23-,24-/m0/s1. The number of nitrogens with one attached hydrogen (secondary N) is 1. The van der Waals surface area contributed by atoms with E-state index >= 15 is 0 Å². The van der Waals surface area contributed by atoms with Crippen LogP contribution in [-0.4, -0.2) is 77.4 Å². The Kier molecular flexibility index (Phi) is 7.96. The molecular weight excluding hydrogens is 453 g/mol. The molecule has 2 radical (unpaired) electrons. The first-order valence-electron chi connectivity index (χ1n) is 12.2. The molecule has 4 rings (SSSR count). The lowest BCUT2D eigenvalue weighted by Crippen LogP contribution is -2.76. The highest BCUT2D eigenvalue weighted by Gasteiger charge is 2.50. The van der Waals surface area contributed by atoms with Crippen molar-refractivity contribution in [3.8, 4) is 12.3 Å². The quantitative estimate of drug-likeness (QED) is 0.475. The summed E-state index contributed by atoms with van der Waals surface area (Å²) in [7, 11) is 5.95. The van der Waals surface area contributed by atoms with Crippen LogP contribution in [0.2, 0.25) is 0 Å². The zero-order chi connectivity index (χ0) is 25.7. The molecule has 0 aromatic heterocycles. The Morgan fingerprint density at radius 2 is 1.89 bits per heavy atom. The number of rotatable bonds is 7. The molecule has 2 heterocycles. The van der Waals surface area contributed by atoms with Crippen LogP contribution < -0.4 is 10.8 Å². The summed E-state index contributed by atoms with van der Waals surface area (Å²) in [5.41, 5.74) is 2.44. The Morgan fingerprint density at radius 3 is 2.58 bits per heavy atom. The number of piperazine rings is 1. The van der Waals surface area contributed by atoms with E-state index in [1.165, 1.54) is 5.01 Å². The van der Waals surface area contributed by atoms with Crippen molar-refractivity contribution in [2.45, 2.75) is 45.1 Å². The molecule has 1 N–H and O–H groups in total. The molecule has 2 fully saturated rings. The highest BCUT2D eigenvalue weighted by atomic mass is 16.2. The first-order chi connectivity index (χ1) is 17.4. The molecule has 0 spiro atoms. The fourth-order valence-electron chi connectivity index (χ4n) is 4.90. The van der Waals surface area contributed by atoms with Crippen molar-refractivity contribution in [2.75, 3.05) is 19.6 Å². The summed E-state index contributed by atoms with van der Waals surface area (Å²) in [6.45, 7) is 2.82.